The molecule has 0 saturated heterocycles. The first-order valence-electron chi connectivity index (χ1n) is 9.24. The van der Waals surface area contributed by atoms with Gasteiger partial charge < -0.3 is 9.47 Å². The second kappa shape index (κ2) is 9.07. The van der Waals surface area contributed by atoms with Gasteiger partial charge in [-0.3, -0.25) is 14.9 Å². The number of hydrogen-bond donors (Lipinski definition) is 0. The van der Waals surface area contributed by atoms with Crippen LogP contribution < -0.4 is 0 Å². The van der Waals surface area contributed by atoms with Crippen molar-refractivity contribution < 1.29 is 14.3 Å². The van der Waals surface area contributed by atoms with Gasteiger partial charge in [-0.15, -0.1) is 11.3 Å². The van der Waals surface area contributed by atoms with Gasteiger partial charge in [-0.1, -0.05) is 17.7 Å². The van der Waals surface area contributed by atoms with Gasteiger partial charge in [-0.25, -0.2) is 4.79 Å². The quantitative estimate of drug-likeness (QED) is 0.521. The Morgan fingerprint density at radius 3 is 2.76 bits per heavy atom. The molecule has 3 aromatic rings. The summed E-state index contributed by atoms with van der Waals surface area (Å²) in [6.45, 7) is 6.70. The third-order valence-electron chi connectivity index (χ3n) is 3.99. The number of methoxy groups -OCH3 is 1. The zero-order chi connectivity index (χ0) is 21.0. The van der Waals surface area contributed by atoms with Crippen molar-refractivity contribution in [3.05, 3.63) is 47.2 Å². The summed E-state index contributed by atoms with van der Waals surface area (Å²) in [5, 5.41) is 0.679. The third kappa shape index (κ3) is 5.65. The highest BCUT2D eigenvalue weighted by molar-refractivity contribution is 7.22. The molecule has 0 fully saturated rings. The van der Waals surface area contributed by atoms with Crippen molar-refractivity contribution in [1.29, 1.82) is 0 Å². The van der Waals surface area contributed by atoms with E-state index < -0.39 is 5.60 Å². The minimum Gasteiger partial charge on any atom is -0.444 e. The lowest BCUT2D eigenvalue weighted by Gasteiger charge is -2.27. The molecule has 0 unspecified atom stereocenters. The van der Waals surface area contributed by atoms with Gasteiger partial charge >= 0.3 is 6.09 Å². The highest BCUT2D eigenvalue weighted by Gasteiger charge is 2.22. The Balaban J connectivity index is 1.84. The maximum Gasteiger partial charge on any atom is 0.410 e. The zero-order valence-electron chi connectivity index (χ0n) is 16.9. The lowest BCUT2D eigenvalue weighted by molar-refractivity contribution is 0.0181. The number of nitrogens with zero attached hydrogens (tertiary/aromatic N) is 3. The van der Waals surface area contributed by atoms with Crippen molar-refractivity contribution in [2.75, 3.05) is 20.3 Å². The van der Waals surface area contributed by atoms with E-state index >= 15 is 0 Å². The molecular formula is C21H24ClN3O3S. The molecule has 0 atom stereocenters. The Labute approximate surface area is 179 Å². The molecule has 0 spiro atoms. The van der Waals surface area contributed by atoms with E-state index in [0.29, 0.717) is 24.7 Å². The summed E-state index contributed by atoms with van der Waals surface area (Å²) < 4.78 is 11.6. The molecule has 0 aliphatic rings. The summed E-state index contributed by atoms with van der Waals surface area (Å²) in [6.07, 6.45) is 1.30. The van der Waals surface area contributed by atoms with Gasteiger partial charge in [0, 0.05) is 19.9 Å². The lowest BCUT2D eigenvalue weighted by atomic mass is 10.2. The summed E-state index contributed by atoms with van der Waals surface area (Å²) >= 11 is 7.82. The van der Waals surface area contributed by atoms with Crippen LogP contribution in [-0.4, -0.2) is 46.8 Å². The number of carbonyl (C=O) groups is 1. The molecule has 3 rings (SSSR count). The molecule has 0 aliphatic heterocycles. The maximum atomic E-state index is 12.6. The van der Waals surface area contributed by atoms with Gasteiger partial charge in [0.15, 0.2) is 0 Å². The second-order valence-corrected chi connectivity index (χ2v) is 8.99. The fraction of sp³-hybridized carbons (Fsp3) is 0.381. The highest BCUT2D eigenvalue weighted by Crippen LogP contribution is 2.35. The number of carbonyl (C=O) groups excluding carboxylic acids is 1. The Morgan fingerprint density at radius 1 is 1.28 bits per heavy atom. The highest BCUT2D eigenvalue weighted by atomic mass is 35.5. The summed E-state index contributed by atoms with van der Waals surface area (Å²) in [7, 11) is 1.60. The van der Waals surface area contributed by atoms with E-state index in [0.717, 1.165) is 26.5 Å². The Bertz CT molecular complexity index is 1000. The van der Waals surface area contributed by atoms with Crippen LogP contribution in [0.4, 0.5) is 4.79 Å². The van der Waals surface area contributed by atoms with Crippen molar-refractivity contribution in [1.82, 2.24) is 14.9 Å². The topological polar surface area (TPSA) is 64.5 Å². The number of rotatable bonds is 6. The average molecular weight is 434 g/mol. The van der Waals surface area contributed by atoms with E-state index in [1.807, 2.05) is 45.0 Å². The molecular weight excluding hydrogens is 410 g/mol. The number of thiophene rings is 1. The smallest absolute Gasteiger partial charge is 0.410 e. The van der Waals surface area contributed by atoms with Gasteiger partial charge in [0.25, 0.3) is 0 Å². The Morgan fingerprint density at radius 2 is 2.07 bits per heavy atom. The predicted octanol–water partition coefficient (Wildman–Crippen LogP) is 5.40. The molecule has 0 radical (unpaired) electrons. The van der Waals surface area contributed by atoms with E-state index in [9.17, 15) is 4.79 Å². The van der Waals surface area contributed by atoms with Gasteiger partial charge in [0.2, 0.25) is 0 Å². The van der Waals surface area contributed by atoms with Crippen molar-refractivity contribution in [3.63, 3.8) is 0 Å². The van der Waals surface area contributed by atoms with E-state index in [1.165, 1.54) is 0 Å². The number of pyridine rings is 2. The van der Waals surface area contributed by atoms with E-state index in [2.05, 4.69) is 4.98 Å². The molecule has 3 aromatic heterocycles. The number of aromatic nitrogens is 2. The van der Waals surface area contributed by atoms with Crippen LogP contribution >= 0.6 is 22.9 Å². The minimum absolute atomic E-state index is 0.329. The van der Waals surface area contributed by atoms with Gasteiger partial charge in [-0.2, -0.15) is 0 Å². The van der Waals surface area contributed by atoms with Crippen molar-refractivity contribution in [2.45, 2.75) is 32.9 Å². The fourth-order valence-corrected chi connectivity index (χ4v) is 3.96. The van der Waals surface area contributed by atoms with E-state index in [1.54, 1.807) is 35.6 Å². The van der Waals surface area contributed by atoms with Crippen LogP contribution in [0.1, 0.15) is 26.5 Å². The molecule has 0 N–H and O–H groups in total. The number of amides is 1. The van der Waals surface area contributed by atoms with Crippen LogP contribution in [0.15, 0.2) is 36.5 Å². The molecule has 29 heavy (non-hydrogen) atoms. The first-order valence-corrected chi connectivity index (χ1v) is 10.4. The monoisotopic (exact) mass is 433 g/mol. The van der Waals surface area contributed by atoms with Crippen LogP contribution in [0, 0.1) is 0 Å². The third-order valence-corrected chi connectivity index (χ3v) is 5.60. The van der Waals surface area contributed by atoms with E-state index in [-0.39, 0.29) is 6.09 Å². The summed E-state index contributed by atoms with van der Waals surface area (Å²) in [4.78, 5) is 24.3. The zero-order valence-corrected chi connectivity index (χ0v) is 18.5. The first kappa shape index (κ1) is 21.5. The number of halogens is 1. The SMILES string of the molecule is COCCN(Cc1cccc(-c2cc3nccc(Cl)c3s2)n1)C(=O)OC(C)(C)C. The van der Waals surface area contributed by atoms with Crippen LogP contribution in [0.2, 0.25) is 5.02 Å². The number of fused-ring (bicyclic) bond motifs is 1. The van der Waals surface area contributed by atoms with Gasteiger partial charge in [0.05, 0.1) is 44.7 Å². The summed E-state index contributed by atoms with van der Waals surface area (Å²) in [5.41, 5.74) is 1.86. The molecule has 8 heteroatoms. The van der Waals surface area contributed by atoms with Crippen LogP contribution in [0.3, 0.4) is 0 Å². The summed E-state index contributed by atoms with van der Waals surface area (Å²) in [5.74, 6) is 0. The number of ether oxygens (including phenoxy) is 2. The molecule has 0 saturated carbocycles. The van der Waals surface area contributed by atoms with Crippen LogP contribution in [0.5, 0.6) is 0 Å². The second-order valence-electron chi connectivity index (χ2n) is 7.53. The van der Waals surface area contributed by atoms with Crippen LogP contribution in [-0.2, 0) is 16.0 Å². The fourth-order valence-electron chi connectivity index (χ4n) is 2.70. The largest absolute Gasteiger partial charge is 0.444 e. The van der Waals surface area contributed by atoms with Gasteiger partial charge in [-0.05, 0) is 45.0 Å². The Kier molecular flexibility index (Phi) is 6.72. The normalized spacial score (nSPS) is 11.6. The Hall–Kier alpha value is -2.22. The van der Waals surface area contributed by atoms with E-state index in [4.69, 9.17) is 26.1 Å². The number of hydrogen-bond acceptors (Lipinski definition) is 6. The maximum absolute atomic E-state index is 12.6. The van der Waals surface area contributed by atoms with Crippen LogP contribution in [0.25, 0.3) is 20.8 Å². The summed E-state index contributed by atoms with van der Waals surface area (Å²) in [6, 6.07) is 9.53. The van der Waals surface area contributed by atoms with Crippen molar-refractivity contribution in [2.24, 2.45) is 0 Å². The van der Waals surface area contributed by atoms with Crippen molar-refractivity contribution in [3.8, 4) is 10.6 Å². The molecule has 6 nitrogen and oxygen atoms in total. The molecule has 1 amide bonds. The molecule has 0 bridgehead atoms. The average Bonchev–Trinajstić information content (AvgIpc) is 3.10. The molecule has 3 heterocycles. The predicted molar refractivity (Wildman–Crippen MR) is 116 cm³/mol. The molecule has 0 aromatic carbocycles. The lowest BCUT2D eigenvalue weighted by Crippen LogP contribution is -2.38. The van der Waals surface area contributed by atoms with Crippen molar-refractivity contribution >= 4 is 39.2 Å². The van der Waals surface area contributed by atoms with Gasteiger partial charge in [0.1, 0.15) is 5.60 Å². The standard InChI is InChI=1S/C21H24ClN3O3S/c1-21(2,3)28-20(26)25(10-11-27-4)13-14-6-5-7-16(24-14)18-12-17-19(29-18)15(22)8-9-23-17/h5-9,12H,10-11,13H2,1-4H3. The minimum atomic E-state index is -0.568. The molecule has 0 aliphatic carbocycles. The first-order chi connectivity index (χ1) is 13.8. The molecule has 154 valence electrons.